The van der Waals surface area contributed by atoms with Gasteiger partial charge in [0.15, 0.2) is 5.75 Å². The Bertz CT molecular complexity index is 728. The number of carbonyl (C=O) groups is 1. The number of aryl methyl sites for hydroxylation is 2. The molecule has 1 aliphatic heterocycles. The molecular weight excluding hydrogens is 288 g/mol. The van der Waals surface area contributed by atoms with Gasteiger partial charge in [-0.2, -0.15) is 0 Å². The smallest absolute Gasteiger partial charge is 0.224 e. The van der Waals surface area contributed by atoms with E-state index in [1.54, 1.807) is 12.1 Å². The highest BCUT2D eigenvalue weighted by atomic mass is 35.5. The Balaban J connectivity index is 1.95. The first-order valence-corrected chi connectivity index (χ1v) is 7.07. The summed E-state index contributed by atoms with van der Waals surface area (Å²) in [6, 6.07) is 9.13. The second kappa shape index (κ2) is 5.30. The van der Waals surface area contributed by atoms with Crippen molar-refractivity contribution in [2.75, 3.05) is 11.1 Å². The van der Waals surface area contributed by atoms with Crippen molar-refractivity contribution in [2.24, 2.45) is 0 Å². The van der Waals surface area contributed by atoms with E-state index in [0.29, 0.717) is 35.1 Å². The molecule has 2 aromatic carbocycles. The minimum Gasteiger partial charge on any atom is -0.454 e. The zero-order valence-electron chi connectivity index (χ0n) is 11.6. The first-order valence-electron chi connectivity index (χ1n) is 6.69. The molecule has 0 atom stereocenters. The lowest BCUT2D eigenvalue weighted by Gasteiger charge is -2.19. The molecule has 0 unspecified atom stereocenters. The SMILES string of the molecule is Cc1ccc(Oc2cc3c(cc2N)CCC(=O)N3)c(Cl)c1. The van der Waals surface area contributed by atoms with Crippen molar-refractivity contribution in [2.45, 2.75) is 19.8 Å². The molecule has 3 N–H and O–H groups in total. The van der Waals surface area contributed by atoms with E-state index in [-0.39, 0.29) is 5.91 Å². The largest absolute Gasteiger partial charge is 0.454 e. The average Bonchev–Trinajstić information content (AvgIpc) is 2.43. The monoisotopic (exact) mass is 302 g/mol. The molecule has 0 bridgehead atoms. The van der Waals surface area contributed by atoms with Gasteiger partial charge in [0.25, 0.3) is 0 Å². The van der Waals surface area contributed by atoms with Crippen molar-refractivity contribution >= 4 is 28.9 Å². The van der Waals surface area contributed by atoms with Crippen LogP contribution in [0.1, 0.15) is 17.5 Å². The molecule has 0 aromatic heterocycles. The molecule has 1 aliphatic rings. The molecule has 21 heavy (non-hydrogen) atoms. The number of benzene rings is 2. The van der Waals surface area contributed by atoms with Crippen LogP contribution in [0.25, 0.3) is 0 Å². The molecule has 0 aliphatic carbocycles. The highest BCUT2D eigenvalue weighted by Crippen LogP contribution is 2.37. The molecule has 5 heteroatoms. The van der Waals surface area contributed by atoms with Crippen LogP contribution in [0.2, 0.25) is 5.02 Å². The summed E-state index contributed by atoms with van der Waals surface area (Å²) in [4.78, 5) is 11.5. The molecule has 0 saturated heterocycles. The summed E-state index contributed by atoms with van der Waals surface area (Å²) < 4.78 is 5.79. The van der Waals surface area contributed by atoms with E-state index in [1.165, 1.54) is 0 Å². The molecule has 108 valence electrons. The van der Waals surface area contributed by atoms with Crippen LogP contribution >= 0.6 is 11.6 Å². The maximum absolute atomic E-state index is 11.5. The third kappa shape index (κ3) is 2.81. The fraction of sp³-hybridized carbons (Fsp3) is 0.188. The third-order valence-electron chi connectivity index (χ3n) is 3.44. The second-order valence-corrected chi connectivity index (χ2v) is 5.54. The van der Waals surface area contributed by atoms with Gasteiger partial charge in [0.05, 0.1) is 10.7 Å². The van der Waals surface area contributed by atoms with E-state index in [0.717, 1.165) is 16.8 Å². The van der Waals surface area contributed by atoms with Crippen LogP contribution in [0.5, 0.6) is 11.5 Å². The molecule has 4 nitrogen and oxygen atoms in total. The van der Waals surface area contributed by atoms with E-state index in [9.17, 15) is 4.79 Å². The maximum Gasteiger partial charge on any atom is 0.224 e. The summed E-state index contributed by atoms with van der Waals surface area (Å²) in [5.74, 6) is 1.03. The minimum atomic E-state index is 0.00610. The second-order valence-electron chi connectivity index (χ2n) is 5.13. The van der Waals surface area contributed by atoms with Crippen molar-refractivity contribution in [1.29, 1.82) is 0 Å². The number of hydrogen-bond acceptors (Lipinski definition) is 3. The van der Waals surface area contributed by atoms with Crippen molar-refractivity contribution in [1.82, 2.24) is 0 Å². The Morgan fingerprint density at radius 1 is 1.19 bits per heavy atom. The number of fused-ring (bicyclic) bond motifs is 1. The first-order chi connectivity index (χ1) is 10.0. The quantitative estimate of drug-likeness (QED) is 0.827. The van der Waals surface area contributed by atoms with E-state index in [4.69, 9.17) is 22.1 Å². The van der Waals surface area contributed by atoms with Crippen LogP contribution in [0.4, 0.5) is 11.4 Å². The van der Waals surface area contributed by atoms with Gasteiger partial charge in [0, 0.05) is 18.2 Å². The van der Waals surface area contributed by atoms with Crippen LogP contribution in [0.3, 0.4) is 0 Å². The molecule has 1 amide bonds. The minimum absolute atomic E-state index is 0.00610. The summed E-state index contributed by atoms with van der Waals surface area (Å²) in [5, 5.41) is 3.35. The van der Waals surface area contributed by atoms with Crippen molar-refractivity contribution < 1.29 is 9.53 Å². The summed E-state index contributed by atoms with van der Waals surface area (Å²) >= 11 is 6.16. The lowest BCUT2D eigenvalue weighted by molar-refractivity contribution is -0.116. The Hall–Kier alpha value is -2.20. The summed E-state index contributed by atoms with van der Waals surface area (Å²) in [5.41, 5.74) is 9.38. The molecule has 0 fully saturated rings. The van der Waals surface area contributed by atoms with E-state index < -0.39 is 0 Å². The van der Waals surface area contributed by atoms with Gasteiger partial charge >= 0.3 is 0 Å². The van der Waals surface area contributed by atoms with E-state index in [2.05, 4.69) is 5.32 Å². The predicted molar refractivity (Wildman–Crippen MR) is 84.1 cm³/mol. The number of rotatable bonds is 2. The number of nitrogen functional groups attached to an aromatic ring is 1. The Morgan fingerprint density at radius 2 is 2.00 bits per heavy atom. The van der Waals surface area contributed by atoms with Gasteiger partial charge in [-0.15, -0.1) is 0 Å². The third-order valence-corrected chi connectivity index (χ3v) is 3.73. The molecule has 0 spiro atoms. The molecular formula is C16H15ClN2O2. The zero-order valence-corrected chi connectivity index (χ0v) is 12.3. The van der Waals surface area contributed by atoms with Crippen LogP contribution < -0.4 is 15.8 Å². The normalized spacial score (nSPS) is 13.5. The lowest BCUT2D eigenvalue weighted by atomic mass is 10.0. The lowest BCUT2D eigenvalue weighted by Crippen LogP contribution is -2.19. The fourth-order valence-electron chi connectivity index (χ4n) is 2.32. The highest BCUT2D eigenvalue weighted by molar-refractivity contribution is 6.32. The fourth-order valence-corrected chi connectivity index (χ4v) is 2.60. The number of carbonyl (C=O) groups excluding carboxylic acids is 1. The number of halogens is 1. The van der Waals surface area contributed by atoms with Gasteiger partial charge in [0.1, 0.15) is 5.75 Å². The average molecular weight is 303 g/mol. The van der Waals surface area contributed by atoms with Gasteiger partial charge in [0.2, 0.25) is 5.91 Å². The predicted octanol–water partition coefficient (Wildman–Crippen LogP) is 3.91. The molecule has 3 rings (SSSR count). The van der Waals surface area contributed by atoms with Crippen molar-refractivity contribution in [3.63, 3.8) is 0 Å². The first kappa shape index (κ1) is 13.8. The van der Waals surface area contributed by atoms with Gasteiger partial charge in [-0.05, 0) is 42.7 Å². The van der Waals surface area contributed by atoms with Crippen LogP contribution in [-0.2, 0) is 11.2 Å². The molecule has 1 heterocycles. The summed E-state index contributed by atoms with van der Waals surface area (Å²) in [6.45, 7) is 1.96. The Labute approximate surface area is 127 Å². The molecule has 0 saturated carbocycles. The van der Waals surface area contributed by atoms with Crippen LogP contribution in [0.15, 0.2) is 30.3 Å². The Morgan fingerprint density at radius 3 is 2.76 bits per heavy atom. The zero-order chi connectivity index (χ0) is 15.0. The van der Waals surface area contributed by atoms with Gasteiger partial charge in [-0.25, -0.2) is 0 Å². The van der Waals surface area contributed by atoms with Crippen LogP contribution in [-0.4, -0.2) is 5.91 Å². The van der Waals surface area contributed by atoms with E-state index in [1.807, 2.05) is 25.1 Å². The van der Waals surface area contributed by atoms with Crippen molar-refractivity contribution in [3.8, 4) is 11.5 Å². The number of hydrogen-bond donors (Lipinski definition) is 2. The van der Waals surface area contributed by atoms with Gasteiger partial charge in [-0.3, -0.25) is 4.79 Å². The topological polar surface area (TPSA) is 64.3 Å². The number of nitrogens with two attached hydrogens (primary N) is 1. The summed E-state index contributed by atoms with van der Waals surface area (Å²) in [7, 11) is 0. The van der Waals surface area contributed by atoms with E-state index >= 15 is 0 Å². The maximum atomic E-state index is 11.5. The van der Waals surface area contributed by atoms with Crippen LogP contribution in [0, 0.1) is 6.92 Å². The number of nitrogens with one attached hydrogen (secondary N) is 1. The summed E-state index contributed by atoms with van der Waals surface area (Å²) in [6.07, 6.45) is 1.17. The number of amides is 1. The number of anilines is 2. The highest BCUT2D eigenvalue weighted by Gasteiger charge is 2.18. The standard InChI is InChI=1S/C16H15ClN2O2/c1-9-2-4-14(11(17)6-9)21-15-8-13-10(7-12(15)18)3-5-16(20)19-13/h2,4,6-8H,3,5,18H2,1H3,(H,19,20). The van der Waals surface area contributed by atoms with Gasteiger partial charge in [-0.1, -0.05) is 17.7 Å². The number of ether oxygens (including phenoxy) is 1. The molecule has 2 aromatic rings. The Kier molecular flexibility index (Phi) is 3.47. The van der Waals surface area contributed by atoms with Crippen molar-refractivity contribution in [3.05, 3.63) is 46.5 Å². The van der Waals surface area contributed by atoms with Gasteiger partial charge < -0.3 is 15.8 Å². The molecule has 0 radical (unpaired) electrons.